The number of nitrogens with one attached hydrogen (secondary N) is 2. The van der Waals surface area contributed by atoms with Gasteiger partial charge in [-0.05, 0) is 83.9 Å². The Hall–Kier alpha value is -4.08. The number of hydrogen-bond donors (Lipinski definition) is 2. The molecule has 2 N–H and O–H groups in total. The van der Waals surface area contributed by atoms with Crippen LogP contribution in [0.3, 0.4) is 0 Å². The number of H-pyrrole nitrogens is 2. The van der Waals surface area contributed by atoms with E-state index in [0.717, 1.165) is 86.8 Å². The van der Waals surface area contributed by atoms with E-state index in [2.05, 4.69) is 88.3 Å². The molecule has 6 heterocycles. The first kappa shape index (κ1) is 30.6. The van der Waals surface area contributed by atoms with Gasteiger partial charge in [0.25, 0.3) is 0 Å². The van der Waals surface area contributed by atoms with Crippen LogP contribution >= 0.6 is 23.2 Å². The van der Waals surface area contributed by atoms with Crippen molar-refractivity contribution in [3.05, 3.63) is 119 Å². The first-order valence-corrected chi connectivity index (χ1v) is 16.6. The van der Waals surface area contributed by atoms with E-state index in [1.807, 2.05) is 48.8 Å². The minimum atomic E-state index is 0.792. The van der Waals surface area contributed by atoms with Crippen molar-refractivity contribution in [2.24, 2.45) is 0 Å². The number of rotatable bonds is 6. The molecule has 0 radical (unpaired) electrons. The summed E-state index contributed by atoms with van der Waals surface area (Å²) in [5.41, 5.74) is 7.11. The van der Waals surface area contributed by atoms with Crippen molar-refractivity contribution in [3.63, 3.8) is 0 Å². The summed E-state index contributed by atoms with van der Waals surface area (Å²) in [6.07, 6.45) is 7.83. The number of hydrogen-bond acceptors (Lipinski definition) is 6. The molecule has 8 nitrogen and oxygen atoms in total. The van der Waals surface area contributed by atoms with Crippen molar-refractivity contribution in [3.8, 4) is 0 Å². The monoisotopic (exact) mass is 652 g/mol. The molecular formula is C36H38Cl2N8. The Morgan fingerprint density at radius 2 is 0.913 bits per heavy atom. The topological polar surface area (TPSA) is 70.3 Å². The molecule has 0 unspecified atom stereocenters. The van der Waals surface area contributed by atoms with Gasteiger partial charge in [0, 0.05) is 122 Å². The molecule has 6 aromatic rings. The minimum Gasteiger partial charge on any atom is -0.369 e. The van der Waals surface area contributed by atoms with E-state index >= 15 is 0 Å². The average Bonchev–Trinajstić information content (AvgIpc) is 3.71. The SMILES string of the molecule is Clc1ccc(N2CCN(Cc3c[nH]c4ncccc34)CC2)cc1.Clc1ccc(N2CCN(Cc3c[nH]c4ncccc34)CC2)cc1. The lowest BCUT2D eigenvalue weighted by molar-refractivity contribution is 0.250. The summed E-state index contributed by atoms with van der Waals surface area (Å²) in [6.45, 7) is 10.4. The van der Waals surface area contributed by atoms with Crippen LogP contribution in [-0.4, -0.2) is 82.1 Å². The zero-order chi connectivity index (χ0) is 31.3. The molecule has 2 aromatic carbocycles. The Labute approximate surface area is 279 Å². The maximum absolute atomic E-state index is 5.97. The van der Waals surface area contributed by atoms with Gasteiger partial charge in [-0.2, -0.15) is 0 Å². The van der Waals surface area contributed by atoms with Crippen molar-refractivity contribution >= 4 is 56.6 Å². The van der Waals surface area contributed by atoms with Gasteiger partial charge in [-0.25, -0.2) is 9.97 Å². The summed E-state index contributed by atoms with van der Waals surface area (Å²) in [5.74, 6) is 0. The number of benzene rings is 2. The molecule has 2 aliphatic heterocycles. The van der Waals surface area contributed by atoms with Gasteiger partial charge in [0.1, 0.15) is 11.3 Å². The molecule has 0 saturated carbocycles. The molecule has 2 aliphatic rings. The van der Waals surface area contributed by atoms with Crippen molar-refractivity contribution in [1.82, 2.24) is 29.7 Å². The number of piperazine rings is 2. The van der Waals surface area contributed by atoms with E-state index in [-0.39, 0.29) is 0 Å². The minimum absolute atomic E-state index is 0.792. The Balaban J connectivity index is 0.000000147. The smallest absolute Gasteiger partial charge is 0.137 e. The Morgan fingerprint density at radius 1 is 0.522 bits per heavy atom. The maximum Gasteiger partial charge on any atom is 0.137 e. The quantitative estimate of drug-likeness (QED) is 0.200. The first-order chi connectivity index (χ1) is 22.6. The van der Waals surface area contributed by atoms with Crippen molar-refractivity contribution in [2.75, 3.05) is 62.2 Å². The summed E-state index contributed by atoms with van der Waals surface area (Å²) < 4.78 is 0. The predicted molar refractivity (Wildman–Crippen MR) is 190 cm³/mol. The largest absolute Gasteiger partial charge is 0.369 e. The Morgan fingerprint density at radius 3 is 1.30 bits per heavy atom. The van der Waals surface area contributed by atoms with Gasteiger partial charge in [-0.15, -0.1) is 0 Å². The highest BCUT2D eigenvalue weighted by atomic mass is 35.5. The molecule has 2 fully saturated rings. The molecule has 4 aromatic heterocycles. The second kappa shape index (κ2) is 14.1. The van der Waals surface area contributed by atoms with E-state index < -0.39 is 0 Å². The van der Waals surface area contributed by atoms with Crippen molar-refractivity contribution in [2.45, 2.75) is 13.1 Å². The van der Waals surface area contributed by atoms with Gasteiger partial charge < -0.3 is 19.8 Å². The zero-order valence-corrected chi connectivity index (χ0v) is 27.3. The lowest BCUT2D eigenvalue weighted by atomic mass is 10.2. The number of halogens is 2. The fraction of sp³-hybridized carbons (Fsp3) is 0.278. The molecule has 10 heteroatoms. The lowest BCUT2D eigenvalue weighted by Gasteiger charge is -2.36. The van der Waals surface area contributed by atoms with Crippen LogP contribution in [0.5, 0.6) is 0 Å². The number of aromatic nitrogens is 4. The molecular weight excluding hydrogens is 615 g/mol. The molecule has 0 atom stereocenters. The third kappa shape index (κ3) is 7.16. The molecule has 2 saturated heterocycles. The van der Waals surface area contributed by atoms with E-state index in [4.69, 9.17) is 23.2 Å². The molecule has 236 valence electrons. The first-order valence-electron chi connectivity index (χ1n) is 15.9. The predicted octanol–water partition coefficient (Wildman–Crippen LogP) is 7.08. The fourth-order valence-corrected chi connectivity index (χ4v) is 6.65. The van der Waals surface area contributed by atoms with E-state index in [9.17, 15) is 0 Å². The van der Waals surface area contributed by atoms with Gasteiger partial charge in [-0.3, -0.25) is 9.80 Å². The van der Waals surface area contributed by atoms with Crippen LogP contribution in [0, 0.1) is 0 Å². The Kier molecular flexibility index (Phi) is 9.39. The van der Waals surface area contributed by atoms with Crippen LogP contribution in [0.25, 0.3) is 22.1 Å². The zero-order valence-electron chi connectivity index (χ0n) is 25.7. The summed E-state index contributed by atoms with van der Waals surface area (Å²) in [6, 6.07) is 24.5. The standard InChI is InChI=1S/2C18H19ClN4/c2*19-15-3-5-16(6-4-15)23-10-8-22(9-11-23)13-14-12-21-18-17(14)2-1-7-20-18/h2*1-7,12H,8-11,13H2,(H,20,21). The fourth-order valence-electron chi connectivity index (χ4n) is 6.40. The summed E-state index contributed by atoms with van der Waals surface area (Å²) >= 11 is 11.9. The van der Waals surface area contributed by atoms with Crippen LogP contribution in [0.1, 0.15) is 11.1 Å². The van der Waals surface area contributed by atoms with E-state index in [1.165, 1.54) is 33.3 Å². The number of nitrogens with zero attached hydrogens (tertiary/aromatic N) is 6. The van der Waals surface area contributed by atoms with Gasteiger partial charge in [0.15, 0.2) is 0 Å². The number of fused-ring (bicyclic) bond motifs is 2. The van der Waals surface area contributed by atoms with Crippen LogP contribution in [0.2, 0.25) is 10.0 Å². The van der Waals surface area contributed by atoms with E-state index in [1.54, 1.807) is 0 Å². The number of aromatic amines is 2. The highest BCUT2D eigenvalue weighted by Gasteiger charge is 2.20. The molecule has 0 aliphatic carbocycles. The third-order valence-electron chi connectivity index (χ3n) is 8.99. The number of pyridine rings is 2. The number of anilines is 2. The molecule has 0 bridgehead atoms. The maximum atomic E-state index is 5.97. The van der Waals surface area contributed by atoms with Crippen LogP contribution in [0.15, 0.2) is 97.6 Å². The van der Waals surface area contributed by atoms with Crippen molar-refractivity contribution in [1.29, 1.82) is 0 Å². The van der Waals surface area contributed by atoms with Gasteiger partial charge in [-0.1, -0.05) is 23.2 Å². The molecule has 0 spiro atoms. The normalized spacial score (nSPS) is 16.1. The third-order valence-corrected chi connectivity index (χ3v) is 9.49. The summed E-state index contributed by atoms with van der Waals surface area (Å²) in [5, 5.41) is 4.04. The molecule has 46 heavy (non-hydrogen) atoms. The molecule has 0 amide bonds. The van der Waals surface area contributed by atoms with Crippen molar-refractivity contribution < 1.29 is 0 Å². The average molecular weight is 654 g/mol. The highest BCUT2D eigenvalue weighted by molar-refractivity contribution is 6.30. The van der Waals surface area contributed by atoms with Gasteiger partial charge in [0.2, 0.25) is 0 Å². The van der Waals surface area contributed by atoms with Crippen LogP contribution in [0.4, 0.5) is 11.4 Å². The second-order valence-corrected chi connectivity index (χ2v) is 12.8. The van der Waals surface area contributed by atoms with Crippen LogP contribution < -0.4 is 9.80 Å². The second-order valence-electron chi connectivity index (χ2n) is 11.9. The lowest BCUT2D eigenvalue weighted by Crippen LogP contribution is -2.45. The van der Waals surface area contributed by atoms with E-state index in [0.29, 0.717) is 0 Å². The van der Waals surface area contributed by atoms with Gasteiger partial charge >= 0.3 is 0 Å². The Bertz CT molecular complexity index is 1710. The molecule has 8 rings (SSSR count). The van der Waals surface area contributed by atoms with Gasteiger partial charge in [0.05, 0.1) is 0 Å². The summed E-state index contributed by atoms with van der Waals surface area (Å²) in [7, 11) is 0. The van der Waals surface area contributed by atoms with Crippen LogP contribution in [-0.2, 0) is 13.1 Å². The highest BCUT2D eigenvalue weighted by Crippen LogP contribution is 2.24. The summed E-state index contributed by atoms with van der Waals surface area (Å²) in [4.78, 5) is 25.1.